The lowest BCUT2D eigenvalue weighted by Gasteiger charge is -2.18. The first-order valence-electron chi connectivity index (χ1n) is 6.81. The summed E-state index contributed by atoms with van der Waals surface area (Å²) in [5.41, 5.74) is 2.29. The highest BCUT2D eigenvalue weighted by Gasteiger charge is 2.26. The van der Waals surface area contributed by atoms with Crippen LogP contribution in [-0.2, 0) is 0 Å². The molecule has 0 aliphatic carbocycles. The first-order chi connectivity index (χ1) is 9.67. The summed E-state index contributed by atoms with van der Waals surface area (Å²) in [5.74, 6) is 1.52. The zero-order valence-corrected chi connectivity index (χ0v) is 12.1. The van der Waals surface area contributed by atoms with Gasteiger partial charge in [0.25, 0.3) is 0 Å². The van der Waals surface area contributed by atoms with Crippen molar-refractivity contribution in [3.05, 3.63) is 29.8 Å². The normalized spacial score (nSPS) is 18.6. The monoisotopic (exact) mass is 273 g/mol. The van der Waals surface area contributed by atoms with E-state index in [-0.39, 0.29) is 0 Å². The molecule has 0 unspecified atom stereocenters. The maximum absolute atomic E-state index is 5.15. The van der Waals surface area contributed by atoms with Gasteiger partial charge in [-0.2, -0.15) is 5.10 Å². The van der Waals surface area contributed by atoms with Crippen LogP contribution in [-0.4, -0.2) is 39.9 Å². The Bertz CT molecular complexity index is 609. The minimum absolute atomic E-state index is 0.407. The SMILES string of the molecule is COc1cc(N2CC[C@@H](n3nc(C)cc3C)C2)ncn1. The summed E-state index contributed by atoms with van der Waals surface area (Å²) in [6, 6.07) is 4.41. The summed E-state index contributed by atoms with van der Waals surface area (Å²) in [5, 5.41) is 4.59. The number of nitrogens with zero attached hydrogens (tertiary/aromatic N) is 5. The van der Waals surface area contributed by atoms with Crippen LogP contribution < -0.4 is 9.64 Å². The third-order valence-electron chi connectivity index (χ3n) is 3.71. The Balaban J connectivity index is 1.77. The average molecular weight is 273 g/mol. The molecule has 0 radical (unpaired) electrons. The van der Waals surface area contributed by atoms with Crippen molar-refractivity contribution in [2.45, 2.75) is 26.3 Å². The van der Waals surface area contributed by atoms with E-state index in [1.807, 2.05) is 13.0 Å². The Hall–Kier alpha value is -2.11. The molecule has 106 valence electrons. The minimum Gasteiger partial charge on any atom is -0.481 e. The molecule has 6 nitrogen and oxygen atoms in total. The lowest BCUT2D eigenvalue weighted by atomic mass is 10.2. The Morgan fingerprint density at radius 2 is 2.10 bits per heavy atom. The first kappa shape index (κ1) is 12.9. The molecule has 0 saturated carbocycles. The number of aromatic nitrogens is 4. The molecule has 0 N–H and O–H groups in total. The summed E-state index contributed by atoms with van der Waals surface area (Å²) in [4.78, 5) is 10.6. The van der Waals surface area contributed by atoms with Gasteiger partial charge in [0.1, 0.15) is 12.1 Å². The summed E-state index contributed by atoms with van der Waals surface area (Å²) in [6.45, 7) is 6.03. The highest BCUT2D eigenvalue weighted by atomic mass is 16.5. The van der Waals surface area contributed by atoms with Gasteiger partial charge in [-0.1, -0.05) is 0 Å². The number of hydrogen-bond donors (Lipinski definition) is 0. The second kappa shape index (κ2) is 5.11. The molecular weight excluding hydrogens is 254 g/mol. The highest BCUT2D eigenvalue weighted by Crippen LogP contribution is 2.27. The van der Waals surface area contributed by atoms with Gasteiger partial charge in [0, 0.05) is 24.8 Å². The Kier molecular flexibility index (Phi) is 3.30. The third-order valence-corrected chi connectivity index (χ3v) is 3.71. The summed E-state index contributed by atoms with van der Waals surface area (Å²) < 4.78 is 7.29. The van der Waals surface area contributed by atoms with Crippen LogP contribution in [0.4, 0.5) is 5.82 Å². The first-order valence-corrected chi connectivity index (χ1v) is 6.81. The number of anilines is 1. The Morgan fingerprint density at radius 1 is 1.25 bits per heavy atom. The van der Waals surface area contributed by atoms with E-state index in [1.54, 1.807) is 13.4 Å². The average Bonchev–Trinajstić information content (AvgIpc) is 3.05. The van der Waals surface area contributed by atoms with E-state index in [0.29, 0.717) is 11.9 Å². The van der Waals surface area contributed by atoms with Crippen LogP contribution in [0.15, 0.2) is 18.5 Å². The van der Waals surface area contributed by atoms with Crippen molar-refractivity contribution in [3.63, 3.8) is 0 Å². The van der Waals surface area contributed by atoms with Crippen molar-refractivity contribution in [1.29, 1.82) is 0 Å². The molecule has 2 aromatic heterocycles. The molecule has 3 heterocycles. The van der Waals surface area contributed by atoms with Crippen LogP contribution in [0.25, 0.3) is 0 Å². The predicted octanol–water partition coefficient (Wildman–Crippen LogP) is 1.75. The van der Waals surface area contributed by atoms with E-state index in [9.17, 15) is 0 Å². The topological polar surface area (TPSA) is 56.1 Å². The van der Waals surface area contributed by atoms with Crippen LogP contribution in [0.3, 0.4) is 0 Å². The summed E-state index contributed by atoms with van der Waals surface area (Å²) in [7, 11) is 1.62. The molecule has 1 fully saturated rings. The van der Waals surface area contributed by atoms with Gasteiger partial charge in [0.05, 0.1) is 18.8 Å². The number of rotatable bonds is 3. The molecule has 3 rings (SSSR count). The lowest BCUT2D eigenvalue weighted by Crippen LogP contribution is -2.22. The molecule has 0 aromatic carbocycles. The molecule has 0 spiro atoms. The number of aryl methyl sites for hydroxylation is 2. The van der Waals surface area contributed by atoms with Crippen LogP contribution in [0.5, 0.6) is 5.88 Å². The van der Waals surface area contributed by atoms with E-state index in [4.69, 9.17) is 4.74 Å². The van der Waals surface area contributed by atoms with Gasteiger partial charge in [-0.15, -0.1) is 0 Å². The predicted molar refractivity (Wildman–Crippen MR) is 76.2 cm³/mol. The van der Waals surface area contributed by atoms with Crippen molar-refractivity contribution >= 4 is 5.82 Å². The molecule has 6 heteroatoms. The van der Waals surface area contributed by atoms with Crippen LogP contribution in [0, 0.1) is 13.8 Å². The van der Waals surface area contributed by atoms with Crippen molar-refractivity contribution in [1.82, 2.24) is 19.7 Å². The fourth-order valence-electron chi connectivity index (χ4n) is 2.78. The van der Waals surface area contributed by atoms with Crippen molar-refractivity contribution in [2.24, 2.45) is 0 Å². The van der Waals surface area contributed by atoms with Crippen molar-refractivity contribution in [2.75, 3.05) is 25.1 Å². The van der Waals surface area contributed by atoms with Gasteiger partial charge in [-0.25, -0.2) is 9.97 Å². The molecule has 1 aliphatic rings. The smallest absolute Gasteiger partial charge is 0.218 e. The van der Waals surface area contributed by atoms with Gasteiger partial charge in [0.2, 0.25) is 5.88 Å². The fourth-order valence-corrected chi connectivity index (χ4v) is 2.78. The number of ether oxygens (including phenoxy) is 1. The number of methoxy groups -OCH3 is 1. The van der Waals surface area contributed by atoms with Crippen LogP contribution in [0.1, 0.15) is 23.9 Å². The van der Waals surface area contributed by atoms with Gasteiger partial charge < -0.3 is 9.64 Å². The minimum atomic E-state index is 0.407. The molecule has 0 amide bonds. The fraction of sp³-hybridized carbons (Fsp3) is 0.500. The van der Waals surface area contributed by atoms with Crippen LogP contribution in [0.2, 0.25) is 0 Å². The molecular formula is C14H19N5O. The maximum Gasteiger partial charge on any atom is 0.218 e. The van der Waals surface area contributed by atoms with Crippen LogP contribution >= 0.6 is 0 Å². The second-order valence-electron chi connectivity index (χ2n) is 5.18. The van der Waals surface area contributed by atoms with E-state index in [1.165, 1.54) is 5.69 Å². The standard InChI is InChI=1S/C14H19N5O/c1-10-6-11(2)19(17-10)12-4-5-18(8-12)13-7-14(20-3)16-9-15-13/h6-7,9,12H,4-5,8H2,1-3H3/t12-/m1/s1. The number of hydrogen-bond acceptors (Lipinski definition) is 5. The lowest BCUT2D eigenvalue weighted by molar-refractivity contribution is 0.397. The molecule has 0 bridgehead atoms. The van der Waals surface area contributed by atoms with Gasteiger partial charge >= 0.3 is 0 Å². The zero-order chi connectivity index (χ0) is 14.1. The zero-order valence-electron chi connectivity index (χ0n) is 12.1. The molecule has 20 heavy (non-hydrogen) atoms. The maximum atomic E-state index is 5.15. The largest absolute Gasteiger partial charge is 0.481 e. The molecule has 1 saturated heterocycles. The van der Waals surface area contributed by atoms with Gasteiger partial charge in [-0.05, 0) is 26.3 Å². The molecule has 2 aromatic rings. The van der Waals surface area contributed by atoms with E-state index in [0.717, 1.165) is 31.0 Å². The third kappa shape index (κ3) is 2.33. The van der Waals surface area contributed by atoms with E-state index >= 15 is 0 Å². The van der Waals surface area contributed by atoms with Crippen molar-refractivity contribution < 1.29 is 4.74 Å². The second-order valence-corrected chi connectivity index (χ2v) is 5.18. The molecule has 1 atom stereocenters. The quantitative estimate of drug-likeness (QED) is 0.852. The van der Waals surface area contributed by atoms with Crippen molar-refractivity contribution in [3.8, 4) is 5.88 Å². The highest BCUT2D eigenvalue weighted by molar-refractivity contribution is 5.42. The van der Waals surface area contributed by atoms with Gasteiger partial charge in [-0.3, -0.25) is 4.68 Å². The Labute approximate surface area is 118 Å². The summed E-state index contributed by atoms with van der Waals surface area (Å²) in [6.07, 6.45) is 2.62. The Morgan fingerprint density at radius 3 is 2.80 bits per heavy atom. The molecule has 1 aliphatic heterocycles. The van der Waals surface area contributed by atoms with Gasteiger partial charge in [0.15, 0.2) is 0 Å². The summed E-state index contributed by atoms with van der Waals surface area (Å²) >= 11 is 0. The van der Waals surface area contributed by atoms with E-state index in [2.05, 4.69) is 37.6 Å². The van der Waals surface area contributed by atoms with E-state index < -0.39 is 0 Å².